The summed E-state index contributed by atoms with van der Waals surface area (Å²) in [7, 11) is 0. The maximum absolute atomic E-state index is 12.2. The summed E-state index contributed by atoms with van der Waals surface area (Å²) in [5.41, 5.74) is 1.87. The molecule has 1 aromatic carbocycles. The molecule has 1 aromatic rings. The van der Waals surface area contributed by atoms with Crippen LogP contribution in [0.4, 0.5) is 4.79 Å². The molecule has 0 unspecified atom stereocenters. The smallest absolute Gasteiger partial charge is 0.410 e. The molecule has 0 saturated heterocycles. The molecular formula is C16H25NO2. The first kappa shape index (κ1) is 15.5. The Morgan fingerprint density at radius 1 is 1.21 bits per heavy atom. The lowest BCUT2D eigenvalue weighted by Gasteiger charge is -2.30. The molecule has 0 radical (unpaired) electrons. The van der Waals surface area contributed by atoms with E-state index in [0.717, 1.165) is 5.56 Å². The number of ether oxygens (including phenoxy) is 1. The highest BCUT2D eigenvalue weighted by atomic mass is 16.6. The first-order valence-electron chi connectivity index (χ1n) is 6.74. The molecule has 0 saturated carbocycles. The van der Waals surface area contributed by atoms with Crippen LogP contribution in [-0.2, 0) is 11.3 Å². The minimum atomic E-state index is -0.461. The van der Waals surface area contributed by atoms with E-state index in [2.05, 4.69) is 31.2 Å². The molecule has 19 heavy (non-hydrogen) atoms. The highest BCUT2D eigenvalue weighted by molar-refractivity contribution is 5.68. The molecule has 0 aliphatic carbocycles. The molecule has 0 atom stereocenters. The van der Waals surface area contributed by atoms with Crippen molar-refractivity contribution in [2.24, 2.45) is 0 Å². The van der Waals surface area contributed by atoms with E-state index in [1.807, 2.05) is 34.6 Å². The van der Waals surface area contributed by atoms with Gasteiger partial charge in [0.25, 0.3) is 0 Å². The average molecular weight is 263 g/mol. The summed E-state index contributed by atoms with van der Waals surface area (Å²) in [6.07, 6.45) is -0.261. The Morgan fingerprint density at radius 2 is 1.74 bits per heavy atom. The normalized spacial score (nSPS) is 11.5. The third-order valence-electron chi connectivity index (χ3n) is 2.72. The van der Waals surface area contributed by atoms with E-state index in [1.54, 1.807) is 4.90 Å². The molecule has 0 aliphatic rings. The van der Waals surface area contributed by atoms with Gasteiger partial charge in [-0.2, -0.15) is 0 Å². The number of amides is 1. The van der Waals surface area contributed by atoms with Gasteiger partial charge in [0.05, 0.1) is 0 Å². The summed E-state index contributed by atoms with van der Waals surface area (Å²) < 4.78 is 5.44. The largest absolute Gasteiger partial charge is 0.444 e. The first-order valence-corrected chi connectivity index (χ1v) is 6.74. The average Bonchev–Trinajstić information content (AvgIpc) is 2.25. The second kappa shape index (κ2) is 6.09. The fourth-order valence-electron chi connectivity index (χ4n) is 1.67. The van der Waals surface area contributed by atoms with Gasteiger partial charge in [0.2, 0.25) is 0 Å². The highest BCUT2D eigenvalue weighted by Crippen LogP contribution is 2.15. The lowest BCUT2D eigenvalue weighted by molar-refractivity contribution is 0.0172. The monoisotopic (exact) mass is 263 g/mol. The number of rotatable bonds is 3. The van der Waals surface area contributed by atoms with Crippen LogP contribution in [0.25, 0.3) is 0 Å². The Labute approximate surface area is 116 Å². The van der Waals surface area contributed by atoms with E-state index in [1.165, 1.54) is 5.56 Å². The number of hydrogen-bond acceptors (Lipinski definition) is 2. The Kier molecular flexibility index (Phi) is 4.98. The summed E-state index contributed by atoms with van der Waals surface area (Å²) in [6.45, 7) is 12.3. The quantitative estimate of drug-likeness (QED) is 0.820. The van der Waals surface area contributed by atoms with Crippen LogP contribution in [0.15, 0.2) is 24.3 Å². The molecule has 0 N–H and O–H groups in total. The standard InChI is InChI=1S/C16H25NO2/c1-12(2)17(15(18)19-16(4,5)6)11-14-9-7-13(3)8-10-14/h7-10,12H,11H2,1-6H3. The van der Waals surface area contributed by atoms with Gasteiger partial charge in [-0.1, -0.05) is 29.8 Å². The van der Waals surface area contributed by atoms with Crippen molar-refractivity contribution in [2.45, 2.75) is 59.7 Å². The minimum absolute atomic E-state index is 0.108. The number of benzene rings is 1. The molecule has 0 fully saturated rings. The zero-order valence-electron chi connectivity index (χ0n) is 12.9. The molecular weight excluding hydrogens is 238 g/mol. The van der Waals surface area contributed by atoms with Gasteiger partial charge in [0.15, 0.2) is 0 Å². The van der Waals surface area contributed by atoms with E-state index in [4.69, 9.17) is 4.74 Å². The van der Waals surface area contributed by atoms with Crippen LogP contribution in [-0.4, -0.2) is 22.6 Å². The molecule has 0 spiro atoms. The highest BCUT2D eigenvalue weighted by Gasteiger charge is 2.24. The van der Waals surface area contributed by atoms with Crippen molar-refractivity contribution in [3.05, 3.63) is 35.4 Å². The van der Waals surface area contributed by atoms with E-state index in [0.29, 0.717) is 6.54 Å². The molecule has 0 heterocycles. The Bertz CT molecular complexity index is 415. The van der Waals surface area contributed by atoms with Gasteiger partial charge >= 0.3 is 6.09 Å². The maximum Gasteiger partial charge on any atom is 0.410 e. The van der Waals surface area contributed by atoms with Gasteiger partial charge in [-0.25, -0.2) is 4.79 Å². The van der Waals surface area contributed by atoms with Gasteiger partial charge in [-0.05, 0) is 47.1 Å². The molecule has 3 heteroatoms. The van der Waals surface area contributed by atoms with Crippen LogP contribution in [0, 0.1) is 6.92 Å². The van der Waals surface area contributed by atoms with Crippen molar-refractivity contribution >= 4 is 6.09 Å². The molecule has 1 rings (SSSR count). The molecule has 0 aromatic heterocycles. The first-order chi connectivity index (χ1) is 8.69. The van der Waals surface area contributed by atoms with Crippen molar-refractivity contribution in [2.75, 3.05) is 0 Å². The second-order valence-electron chi connectivity index (χ2n) is 6.19. The molecule has 1 amide bonds. The zero-order valence-corrected chi connectivity index (χ0v) is 12.9. The molecule has 3 nitrogen and oxygen atoms in total. The zero-order chi connectivity index (χ0) is 14.6. The van der Waals surface area contributed by atoms with E-state index >= 15 is 0 Å². The molecule has 0 bridgehead atoms. The van der Waals surface area contributed by atoms with Crippen LogP contribution in [0.3, 0.4) is 0 Å². The predicted octanol–water partition coefficient (Wildman–Crippen LogP) is 4.14. The van der Waals surface area contributed by atoms with Crippen LogP contribution in [0.5, 0.6) is 0 Å². The summed E-state index contributed by atoms with van der Waals surface area (Å²) in [4.78, 5) is 13.9. The second-order valence-corrected chi connectivity index (χ2v) is 6.19. The van der Waals surface area contributed by atoms with Gasteiger partial charge < -0.3 is 9.64 Å². The lowest BCUT2D eigenvalue weighted by atomic mass is 10.1. The maximum atomic E-state index is 12.2. The van der Waals surface area contributed by atoms with Crippen molar-refractivity contribution in [1.82, 2.24) is 4.90 Å². The fraction of sp³-hybridized carbons (Fsp3) is 0.562. The lowest BCUT2D eigenvalue weighted by Crippen LogP contribution is -2.40. The summed E-state index contributed by atoms with van der Waals surface area (Å²) in [5, 5.41) is 0. The van der Waals surface area contributed by atoms with E-state index in [-0.39, 0.29) is 12.1 Å². The minimum Gasteiger partial charge on any atom is -0.444 e. The van der Waals surface area contributed by atoms with Gasteiger partial charge in [-0.15, -0.1) is 0 Å². The molecule has 0 aliphatic heterocycles. The third kappa shape index (κ3) is 5.33. The SMILES string of the molecule is Cc1ccc(CN(C(=O)OC(C)(C)C)C(C)C)cc1. The topological polar surface area (TPSA) is 29.5 Å². The number of nitrogens with zero attached hydrogens (tertiary/aromatic N) is 1. The summed E-state index contributed by atoms with van der Waals surface area (Å²) in [5.74, 6) is 0. The van der Waals surface area contributed by atoms with Crippen LogP contribution in [0.1, 0.15) is 45.7 Å². The number of carbonyl (C=O) groups excluding carboxylic acids is 1. The van der Waals surface area contributed by atoms with Gasteiger partial charge in [-0.3, -0.25) is 0 Å². The summed E-state index contributed by atoms with van der Waals surface area (Å²) >= 11 is 0. The third-order valence-corrected chi connectivity index (χ3v) is 2.72. The fourth-order valence-corrected chi connectivity index (χ4v) is 1.67. The van der Waals surface area contributed by atoms with Crippen molar-refractivity contribution < 1.29 is 9.53 Å². The van der Waals surface area contributed by atoms with Crippen molar-refractivity contribution in [1.29, 1.82) is 0 Å². The Morgan fingerprint density at radius 3 is 2.16 bits per heavy atom. The number of carbonyl (C=O) groups is 1. The molecule has 106 valence electrons. The number of hydrogen-bond donors (Lipinski definition) is 0. The van der Waals surface area contributed by atoms with Crippen molar-refractivity contribution in [3.63, 3.8) is 0 Å². The van der Waals surface area contributed by atoms with E-state index < -0.39 is 5.60 Å². The Balaban J connectivity index is 2.78. The number of aryl methyl sites for hydroxylation is 1. The van der Waals surface area contributed by atoms with Gasteiger partial charge in [0.1, 0.15) is 5.60 Å². The van der Waals surface area contributed by atoms with Gasteiger partial charge in [0, 0.05) is 12.6 Å². The van der Waals surface area contributed by atoms with Crippen LogP contribution < -0.4 is 0 Å². The van der Waals surface area contributed by atoms with E-state index in [9.17, 15) is 4.79 Å². The predicted molar refractivity (Wildman–Crippen MR) is 78.1 cm³/mol. The Hall–Kier alpha value is -1.51. The van der Waals surface area contributed by atoms with Crippen LogP contribution >= 0.6 is 0 Å². The van der Waals surface area contributed by atoms with Crippen molar-refractivity contribution in [3.8, 4) is 0 Å². The summed E-state index contributed by atoms with van der Waals surface area (Å²) in [6, 6.07) is 8.33. The van der Waals surface area contributed by atoms with Crippen LogP contribution in [0.2, 0.25) is 0 Å².